The molecule has 0 amide bonds. The lowest BCUT2D eigenvalue weighted by atomic mass is 10.0. The largest absolute Gasteiger partial charge is 0.390 e. The van der Waals surface area contributed by atoms with Gasteiger partial charge in [0, 0.05) is 0 Å². The minimum absolute atomic E-state index is 0.260. The topological polar surface area (TPSA) is 20.2 Å². The molecule has 0 bridgehead atoms. The molecule has 0 aliphatic heterocycles. The molecule has 2 unspecified atom stereocenters. The van der Waals surface area contributed by atoms with Crippen LogP contribution in [-0.4, -0.2) is 10.7 Å². The van der Waals surface area contributed by atoms with Crippen molar-refractivity contribution < 1.29 is 5.11 Å². The first kappa shape index (κ1) is 9.05. The molecule has 1 fully saturated rings. The maximum atomic E-state index is 9.89. The number of aliphatic hydroxyl groups is 1. The zero-order valence-corrected chi connectivity index (χ0v) is 7.93. The zero-order chi connectivity index (χ0) is 8.48. The van der Waals surface area contributed by atoms with E-state index in [-0.39, 0.29) is 5.60 Å². The molecule has 1 heteroatoms. The van der Waals surface area contributed by atoms with Crippen molar-refractivity contribution in [3.8, 4) is 0 Å². The van der Waals surface area contributed by atoms with Gasteiger partial charge in [-0.05, 0) is 31.1 Å². The lowest BCUT2D eigenvalue weighted by molar-refractivity contribution is 0.104. The molecule has 1 nitrogen and oxygen atoms in total. The van der Waals surface area contributed by atoms with Crippen LogP contribution >= 0.6 is 0 Å². The van der Waals surface area contributed by atoms with E-state index in [1.807, 2.05) is 0 Å². The van der Waals surface area contributed by atoms with Crippen LogP contribution in [0.4, 0.5) is 0 Å². The normalized spacial score (nSPS) is 36.3. The van der Waals surface area contributed by atoms with E-state index in [1.54, 1.807) is 0 Å². The maximum Gasteiger partial charge on any atom is 0.0683 e. The second-order valence-corrected chi connectivity index (χ2v) is 4.39. The third-order valence-electron chi connectivity index (χ3n) is 2.60. The fourth-order valence-electron chi connectivity index (χ4n) is 2.04. The highest BCUT2D eigenvalue weighted by Gasteiger charge is 2.51. The summed E-state index contributed by atoms with van der Waals surface area (Å²) in [6.07, 6.45) is 4.48. The van der Waals surface area contributed by atoms with Gasteiger partial charge in [0.2, 0.25) is 0 Å². The van der Waals surface area contributed by atoms with Crippen LogP contribution in [0.2, 0.25) is 0 Å². The Bertz CT molecular complexity index is 131. The Balaban J connectivity index is 2.25. The van der Waals surface area contributed by atoms with Gasteiger partial charge in [0.1, 0.15) is 0 Å². The number of hydrogen-bond donors (Lipinski definition) is 1. The van der Waals surface area contributed by atoms with E-state index in [4.69, 9.17) is 0 Å². The zero-order valence-electron chi connectivity index (χ0n) is 7.93. The Labute approximate surface area is 69.8 Å². The standard InChI is InChI=1S/C10H20O/c1-4-5-9-7-10(9,11)6-8(2)3/h8-9,11H,4-7H2,1-3H3. The molecule has 0 aromatic carbocycles. The summed E-state index contributed by atoms with van der Waals surface area (Å²) < 4.78 is 0. The Morgan fingerprint density at radius 3 is 2.64 bits per heavy atom. The molecule has 0 radical (unpaired) electrons. The molecule has 0 aromatic heterocycles. The van der Waals surface area contributed by atoms with Crippen LogP contribution < -0.4 is 0 Å². The Morgan fingerprint density at radius 2 is 2.18 bits per heavy atom. The minimum atomic E-state index is -0.260. The summed E-state index contributed by atoms with van der Waals surface area (Å²) in [6, 6.07) is 0. The van der Waals surface area contributed by atoms with Crippen molar-refractivity contribution >= 4 is 0 Å². The van der Waals surface area contributed by atoms with Gasteiger partial charge in [-0.2, -0.15) is 0 Å². The fourth-order valence-corrected chi connectivity index (χ4v) is 2.04. The first-order valence-corrected chi connectivity index (χ1v) is 4.81. The predicted molar refractivity (Wildman–Crippen MR) is 47.4 cm³/mol. The van der Waals surface area contributed by atoms with Gasteiger partial charge in [-0.3, -0.25) is 0 Å². The third-order valence-corrected chi connectivity index (χ3v) is 2.60. The lowest BCUT2D eigenvalue weighted by Gasteiger charge is -2.12. The van der Waals surface area contributed by atoms with E-state index in [1.165, 1.54) is 12.8 Å². The Morgan fingerprint density at radius 1 is 1.55 bits per heavy atom. The summed E-state index contributed by atoms with van der Waals surface area (Å²) in [5, 5.41) is 9.89. The van der Waals surface area contributed by atoms with Crippen LogP contribution in [-0.2, 0) is 0 Å². The predicted octanol–water partition coefficient (Wildman–Crippen LogP) is 2.58. The first-order valence-electron chi connectivity index (χ1n) is 4.81. The molecule has 66 valence electrons. The van der Waals surface area contributed by atoms with Crippen LogP contribution in [0.3, 0.4) is 0 Å². The van der Waals surface area contributed by atoms with Crippen LogP contribution in [0, 0.1) is 11.8 Å². The summed E-state index contributed by atoms with van der Waals surface area (Å²) in [5.74, 6) is 1.26. The molecule has 1 aliphatic carbocycles. The average Bonchev–Trinajstić information content (AvgIpc) is 2.40. The van der Waals surface area contributed by atoms with Gasteiger partial charge in [0.25, 0.3) is 0 Å². The highest BCUT2D eigenvalue weighted by atomic mass is 16.3. The maximum absolute atomic E-state index is 9.89. The van der Waals surface area contributed by atoms with Gasteiger partial charge < -0.3 is 5.11 Å². The molecular weight excluding hydrogens is 136 g/mol. The van der Waals surface area contributed by atoms with Crippen LogP contribution in [0.1, 0.15) is 46.5 Å². The summed E-state index contributed by atoms with van der Waals surface area (Å²) >= 11 is 0. The molecule has 1 N–H and O–H groups in total. The van der Waals surface area contributed by atoms with Gasteiger partial charge in [0.05, 0.1) is 5.60 Å². The van der Waals surface area contributed by atoms with Crippen LogP contribution in [0.15, 0.2) is 0 Å². The van der Waals surface area contributed by atoms with Crippen molar-refractivity contribution in [1.82, 2.24) is 0 Å². The number of rotatable bonds is 4. The Hall–Kier alpha value is -0.0400. The van der Waals surface area contributed by atoms with E-state index < -0.39 is 0 Å². The molecule has 0 spiro atoms. The van der Waals surface area contributed by atoms with Crippen molar-refractivity contribution in [1.29, 1.82) is 0 Å². The van der Waals surface area contributed by atoms with Gasteiger partial charge >= 0.3 is 0 Å². The van der Waals surface area contributed by atoms with Crippen molar-refractivity contribution in [3.63, 3.8) is 0 Å². The monoisotopic (exact) mass is 156 g/mol. The molecule has 11 heavy (non-hydrogen) atoms. The van der Waals surface area contributed by atoms with E-state index >= 15 is 0 Å². The highest BCUT2D eigenvalue weighted by Crippen LogP contribution is 2.50. The third kappa shape index (κ3) is 2.19. The van der Waals surface area contributed by atoms with Gasteiger partial charge in [-0.1, -0.05) is 27.2 Å². The second kappa shape index (κ2) is 3.14. The smallest absolute Gasteiger partial charge is 0.0683 e. The lowest BCUT2D eigenvalue weighted by Crippen LogP contribution is -2.14. The molecule has 2 atom stereocenters. The van der Waals surface area contributed by atoms with Crippen LogP contribution in [0.5, 0.6) is 0 Å². The SMILES string of the molecule is CCCC1CC1(O)CC(C)C. The van der Waals surface area contributed by atoms with Crippen molar-refractivity contribution in [2.75, 3.05) is 0 Å². The molecule has 0 saturated heterocycles. The fraction of sp³-hybridized carbons (Fsp3) is 1.00. The molecule has 1 saturated carbocycles. The van der Waals surface area contributed by atoms with E-state index in [9.17, 15) is 5.11 Å². The first-order chi connectivity index (χ1) is 5.08. The van der Waals surface area contributed by atoms with Gasteiger partial charge in [-0.25, -0.2) is 0 Å². The second-order valence-electron chi connectivity index (χ2n) is 4.39. The van der Waals surface area contributed by atoms with E-state index in [0.717, 1.165) is 12.8 Å². The van der Waals surface area contributed by atoms with Gasteiger partial charge in [0.15, 0.2) is 0 Å². The summed E-state index contributed by atoms with van der Waals surface area (Å²) in [4.78, 5) is 0. The molecule has 1 rings (SSSR count). The molecule has 0 heterocycles. The number of hydrogen-bond acceptors (Lipinski definition) is 1. The summed E-state index contributed by atoms with van der Waals surface area (Å²) in [6.45, 7) is 6.55. The average molecular weight is 156 g/mol. The summed E-state index contributed by atoms with van der Waals surface area (Å²) in [5.41, 5.74) is -0.260. The van der Waals surface area contributed by atoms with Gasteiger partial charge in [-0.15, -0.1) is 0 Å². The molecule has 1 aliphatic rings. The Kier molecular flexibility index (Phi) is 2.58. The highest BCUT2D eigenvalue weighted by molar-refractivity contribution is 5.03. The molecular formula is C10H20O. The summed E-state index contributed by atoms with van der Waals surface area (Å²) in [7, 11) is 0. The van der Waals surface area contributed by atoms with Crippen molar-refractivity contribution in [2.24, 2.45) is 11.8 Å². The minimum Gasteiger partial charge on any atom is -0.390 e. The van der Waals surface area contributed by atoms with Crippen molar-refractivity contribution in [2.45, 2.75) is 52.1 Å². The molecule has 0 aromatic rings. The van der Waals surface area contributed by atoms with E-state index in [0.29, 0.717) is 11.8 Å². The van der Waals surface area contributed by atoms with E-state index in [2.05, 4.69) is 20.8 Å². The quantitative estimate of drug-likeness (QED) is 0.663. The van der Waals surface area contributed by atoms with Crippen molar-refractivity contribution in [3.05, 3.63) is 0 Å². The van der Waals surface area contributed by atoms with Crippen LogP contribution in [0.25, 0.3) is 0 Å².